The minimum absolute atomic E-state index is 0.0302. The summed E-state index contributed by atoms with van der Waals surface area (Å²) in [5.74, 6) is -0.0846. The molecule has 3 N–H and O–H groups in total. The molecule has 7 heteroatoms. The molecule has 29 heavy (non-hydrogen) atoms. The number of rotatable bonds is 6. The van der Waals surface area contributed by atoms with E-state index in [1.807, 2.05) is 30.0 Å². The number of carbonyl (C=O) groups excluding carboxylic acids is 2. The van der Waals surface area contributed by atoms with Gasteiger partial charge in [0.2, 0.25) is 11.8 Å². The van der Waals surface area contributed by atoms with Crippen molar-refractivity contribution in [2.24, 2.45) is 0 Å². The number of nitrogens with one attached hydrogen (secondary N) is 3. The monoisotopic (exact) mass is 412 g/mol. The van der Waals surface area contributed by atoms with E-state index in [0.717, 1.165) is 24.9 Å². The molecule has 1 saturated heterocycles. The third-order valence-corrected chi connectivity index (χ3v) is 6.76. The molecule has 0 radical (unpaired) electrons. The van der Waals surface area contributed by atoms with Gasteiger partial charge in [-0.15, -0.1) is 11.3 Å². The molecule has 4 rings (SSSR count). The quantitative estimate of drug-likeness (QED) is 0.682. The number of hydrogen-bond acceptors (Lipinski definition) is 5. The third kappa shape index (κ3) is 4.52. The van der Waals surface area contributed by atoms with Crippen LogP contribution in [0.1, 0.15) is 48.2 Å². The maximum atomic E-state index is 13.1. The summed E-state index contributed by atoms with van der Waals surface area (Å²) < 4.78 is 0. The lowest BCUT2D eigenvalue weighted by Gasteiger charge is -2.31. The van der Waals surface area contributed by atoms with E-state index in [9.17, 15) is 9.59 Å². The van der Waals surface area contributed by atoms with E-state index in [2.05, 4.69) is 39.7 Å². The Bertz CT molecular complexity index is 854. The molecule has 2 aromatic rings. The summed E-state index contributed by atoms with van der Waals surface area (Å²) in [4.78, 5) is 29.3. The minimum atomic E-state index is -0.467. The Hall–Kier alpha value is -2.22. The van der Waals surface area contributed by atoms with Gasteiger partial charge in [0.1, 0.15) is 12.1 Å². The van der Waals surface area contributed by atoms with Crippen LogP contribution in [0.2, 0.25) is 0 Å². The fourth-order valence-electron chi connectivity index (χ4n) is 4.11. The Morgan fingerprint density at radius 3 is 2.86 bits per heavy atom. The van der Waals surface area contributed by atoms with E-state index in [1.165, 1.54) is 10.4 Å². The first-order chi connectivity index (χ1) is 14.2. The number of nitrogens with zero attached hydrogens (tertiary/aromatic N) is 1. The highest BCUT2D eigenvalue weighted by molar-refractivity contribution is 7.10. The van der Waals surface area contributed by atoms with Crippen molar-refractivity contribution < 1.29 is 9.59 Å². The number of benzene rings is 1. The van der Waals surface area contributed by atoms with Gasteiger partial charge >= 0.3 is 0 Å². The first-order valence-electron chi connectivity index (χ1n) is 10.4. The Morgan fingerprint density at radius 1 is 1.24 bits per heavy atom. The zero-order valence-corrected chi connectivity index (χ0v) is 17.5. The van der Waals surface area contributed by atoms with Crippen LogP contribution in [-0.4, -0.2) is 35.3 Å². The normalized spacial score (nSPS) is 22.2. The van der Waals surface area contributed by atoms with Crippen LogP contribution < -0.4 is 16.2 Å². The maximum absolute atomic E-state index is 13.1. The zero-order chi connectivity index (χ0) is 20.2. The van der Waals surface area contributed by atoms with Crippen molar-refractivity contribution in [3.05, 3.63) is 57.8 Å². The van der Waals surface area contributed by atoms with Crippen LogP contribution in [0.4, 0.5) is 0 Å². The van der Waals surface area contributed by atoms with Crippen LogP contribution in [0.25, 0.3) is 0 Å². The van der Waals surface area contributed by atoms with Crippen molar-refractivity contribution in [3.63, 3.8) is 0 Å². The van der Waals surface area contributed by atoms with Crippen molar-refractivity contribution >= 4 is 23.2 Å². The number of thiophene rings is 1. The van der Waals surface area contributed by atoms with Crippen LogP contribution in [0.3, 0.4) is 0 Å². The van der Waals surface area contributed by atoms with Crippen molar-refractivity contribution in [3.8, 4) is 0 Å². The van der Waals surface area contributed by atoms with Crippen molar-refractivity contribution in [2.75, 3.05) is 6.54 Å². The second kappa shape index (κ2) is 9.07. The smallest absolute Gasteiger partial charge is 0.245 e. The van der Waals surface area contributed by atoms with Crippen molar-refractivity contribution in [1.82, 2.24) is 21.1 Å². The van der Waals surface area contributed by atoms with Crippen molar-refractivity contribution in [2.45, 2.75) is 57.3 Å². The second-order valence-electron chi connectivity index (χ2n) is 7.77. The van der Waals surface area contributed by atoms with E-state index >= 15 is 0 Å². The molecule has 0 bridgehead atoms. The standard InChI is InChI=1S/C22H28N4O2S/c1-2-6-17(22(28)26-11-9-20-16(14-26)10-12-29-20)23-21(27)19-13-18(24-25-19)15-7-4-3-5-8-15/h3-5,7-8,10,12,17-19,24-25H,2,6,9,11,13-14H2,1H3,(H,23,27). The van der Waals surface area contributed by atoms with Gasteiger partial charge in [0.25, 0.3) is 0 Å². The van der Waals surface area contributed by atoms with Gasteiger partial charge in [-0.3, -0.25) is 9.59 Å². The Kier molecular flexibility index (Phi) is 6.28. The molecule has 3 heterocycles. The summed E-state index contributed by atoms with van der Waals surface area (Å²) in [6.45, 7) is 3.41. The predicted octanol–water partition coefficient (Wildman–Crippen LogP) is 2.53. The van der Waals surface area contributed by atoms with Gasteiger partial charge in [-0.1, -0.05) is 43.7 Å². The SMILES string of the molecule is CCCC(NC(=O)C1CC(c2ccccc2)NN1)C(=O)N1CCc2sccc2C1. The predicted molar refractivity (Wildman–Crippen MR) is 114 cm³/mol. The van der Waals surface area contributed by atoms with Crippen LogP contribution in [0.5, 0.6) is 0 Å². The van der Waals surface area contributed by atoms with Gasteiger partial charge < -0.3 is 10.2 Å². The molecule has 2 aliphatic heterocycles. The fraction of sp³-hybridized carbons (Fsp3) is 0.455. The number of hydrogen-bond donors (Lipinski definition) is 3. The molecular formula is C22H28N4O2S. The lowest BCUT2D eigenvalue weighted by Crippen LogP contribution is -2.53. The molecule has 1 aromatic heterocycles. The molecule has 0 aliphatic carbocycles. The third-order valence-electron chi connectivity index (χ3n) is 5.73. The van der Waals surface area contributed by atoms with Gasteiger partial charge in [-0.2, -0.15) is 0 Å². The average Bonchev–Trinajstić information content (AvgIpc) is 3.42. The molecule has 154 valence electrons. The minimum Gasteiger partial charge on any atom is -0.343 e. The van der Waals surface area contributed by atoms with E-state index < -0.39 is 6.04 Å². The molecule has 3 atom stereocenters. The highest BCUT2D eigenvalue weighted by atomic mass is 32.1. The summed E-state index contributed by atoms with van der Waals surface area (Å²) >= 11 is 1.76. The molecule has 0 saturated carbocycles. The molecule has 1 fully saturated rings. The summed E-state index contributed by atoms with van der Waals surface area (Å²) in [6, 6.07) is 11.5. The number of fused-ring (bicyclic) bond motifs is 1. The lowest BCUT2D eigenvalue weighted by molar-refractivity contribution is -0.137. The molecule has 0 spiro atoms. The summed E-state index contributed by atoms with van der Waals surface area (Å²) in [6.07, 6.45) is 3.06. The second-order valence-corrected chi connectivity index (χ2v) is 8.77. The average molecular weight is 413 g/mol. The largest absolute Gasteiger partial charge is 0.343 e. The van der Waals surface area contributed by atoms with Crippen LogP contribution in [0, 0.1) is 0 Å². The van der Waals surface area contributed by atoms with E-state index in [4.69, 9.17) is 0 Å². The molecule has 6 nitrogen and oxygen atoms in total. The van der Waals surface area contributed by atoms with Crippen molar-refractivity contribution in [1.29, 1.82) is 0 Å². The van der Waals surface area contributed by atoms with E-state index in [0.29, 0.717) is 19.4 Å². The highest BCUT2D eigenvalue weighted by Crippen LogP contribution is 2.25. The number of hydrazine groups is 1. The Morgan fingerprint density at radius 2 is 2.07 bits per heavy atom. The van der Waals surface area contributed by atoms with Gasteiger partial charge in [0, 0.05) is 24.0 Å². The van der Waals surface area contributed by atoms with Gasteiger partial charge in [-0.05, 0) is 41.8 Å². The van der Waals surface area contributed by atoms with Crippen LogP contribution >= 0.6 is 11.3 Å². The summed E-state index contributed by atoms with van der Waals surface area (Å²) in [5, 5.41) is 5.11. The number of carbonyl (C=O) groups is 2. The molecule has 2 amide bonds. The van der Waals surface area contributed by atoms with Gasteiger partial charge in [0.05, 0.1) is 0 Å². The first kappa shape index (κ1) is 20.1. The fourth-order valence-corrected chi connectivity index (χ4v) is 5.00. The molecule has 2 aliphatic rings. The molecule has 1 aromatic carbocycles. The summed E-state index contributed by atoms with van der Waals surface area (Å²) in [5.41, 5.74) is 8.69. The Labute approximate surface area is 175 Å². The lowest BCUT2D eigenvalue weighted by atomic mass is 10.0. The first-order valence-corrected chi connectivity index (χ1v) is 11.2. The number of amides is 2. The maximum Gasteiger partial charge on any atom is 0.245 e. The highest BCUT2D eigenvalue weighted by Gasteiger charge is 2.34. The van der Waals surface area contributed by atoms with E-state index in [1.54, 1.807) is 11.3 Å². The van der Waals surface area contributed by atoms with Gasteiger partial charge in [-0.25, -0.2) is 10.9 Å². The topological polar surface area (TPSA) is 73.5 Å². The van der Waals surface area contributed by atoms with Crippen LogP contribution in [0.15, 0.2) is 41.8 Å². The van der Waals surface area contributed by atoms with E-state index in [-0.39, 0.29) is 23.9 Å². The van der Waals surface area contributed by atoms with Crippen LogP contribution in [-0.2, 0) is 22.6 Å². The van der Waals surface area contributed by atoms with Gasteiger partial charge in [0.15, 0.2) is 0 Å². The zero-order valence-electron chi connectivity index (χ0n) is 16.7. The Balaban J connectivity index is 1.37. The molecule has 3 unspecified atom stereocenters. The molecular weight excluding hydrogens is 384 g/mol. The summed E-state index contributed by atoms with van der Waals surface area (Å²) in [7, 11) is 0.